The topological polar surface area (TPSA) is 85.0 Å². The van der Waals surface area contributed by atoms with Crippen molar-refractivity contribution in [2.24, 2.45) is 0 Å². The number of hydrogen-bond donors (Lipinski definition) is 1. The van der Waals surface area contributed by atoms with Gasteiger partial charge in [0.25, 0.3) is 0 Å². The van der Waals surface area contributed by atoms with Crippen LogP contribution in [0.4, 0.5) is 4.39 Å². The highest BCUT2D eigenvalue weighted by Crippen LogP contribution is 2.43. The van der Waals surface area contributed by atoms with E-state index >= 15 is 0 Å². The standard InChI is InChI=1S/C38H37ClFN5O2/c1-25(2)38-44-14-16-45(38)15-6-13-42-23-28-18-33(39)37(19-36(28)46-24-27-17-26(20-41)21-43-22-27)47-35-12-11-30-29(8-5-9-32(30)35)31-7-3-4-10-34(31)40/h3-5,7-10,14,16-19,21-22,25,35,42H,6,11-13,15,23-24H2,1-2H3. The summed E-state index contributed by atoms with van der Waals surface area (Å²) in [6.07, 6.45) is 9.32. The second-order valence-corrected chi connectivity index (χ2v) is 12.4. The molecule has 0 radical (unpaired) electrons. The Hall–Kier alpha value is -4.71. The Balaban J connectivity index is 1.20. The van der Waals surface area contributed by atoms with Gasteiger partial charge in [-0.3, -0.25) is 4.98 Å². The van der Waals surface area contributed by atoms with Crippen molar-refractivity contribution in [3.63, 3.8) is 0 Å². The molecule has 1 atom stereocenters. The minimum atomic E-state index is -0.239. The van der Waals surface area contributed by atoms with E-state index in [0.717, 1.165) is 66.0 Å². The van der Waals surface area contributed by atoms with Gasteiger partial charge in [-0.25, -0.2) is 9.37 Å². The third-order valence-corrected chi connectivity index (χ3v) is 8.71. The second-order valence-electron chi connectivity index (χ2n) is 12.0. The quantitative estimate of drug-likeness (QED) is 0.129. The Labute approximate surface area is 280 Å². The maximum atomic E-state index is 14.7. The molecule has 1 aliphatic rings. The molecule has 0 amide bonds. The normalized spacial score (nSPS) is 13.8. The van der Waals surface area contributed by atoms with Gasteiger partial charge in [0.1, 0.15) is 41.9 Å². The summed E-state index contributed by atoms with van der Waals surface area (Å²) in [4.78, 5) is 8.64. The third kappa shape index (κ3) is 7.48. The van der Waals surface area contributed by atoms with E-state index in [2.05, 4.69) is 39.8 Å². The molecule has 9 heteroatoms. The van der Waals surface area contributed by atoms with E-state index < -0.39 is 0 Å². The molecule has 240 valence electrons. The molecule has 5 aromatic rings. The first-order valence-electron chi connectivity index (χ1n) is 16.0. The van der Waals surface area contributed by atoms with Crippen LogP contribution in [0, 0.1) is 17.1 Å². The first-order chi connectivity index (χ1) is 22.9. The molecular weight excluding hydrogens is 613 g/mol. The van der Waals surface area contributed by atoms with Crippen molar-refractivity contribution < 1.29 is 13.9 Å². The number of rotatable bonds is 13. The lowest BCUT2D eigenvalue weighted by Gasteiger charge is -2.20. The lowest BCUT2D eigenvalue weighted by molar-refractivity contribution is 0.206. The summed E-state index contributed by atoms with van der Waals surface area (Å²) in [7, 11) is 0. The maximum absolute atomic E-state index is 14.7. The van der Waals surface area contributed by atoms with Gasteiger partial charge in [0.15, 0.2) is 0 Å². The Bertz CT molecular complexity index is 1900. The molecule has 0 aliphatic heterocycles. The summed E-state index contributed by atoms with van der Waals surface area (Å²) in [6.45, 7) is 6.75. The van der Waals surface area contributed by atoms with Gasteiger partial charge in [-0.05, 0) is 60.7 Å². The predicted molar refractivity (Wildman–Crippen MR) is 181 cm³/mol. The molecule has 1 unspecified atom stereocenters. The van der Waals surface area contributed by atoms with Crippen LogP contribution >= 0.6 is 11.6 Å². The number of pyridine rings is 1. The van der Waals surface area contributed by atoms with Crippen molar-refractivity contribution in [2.45, 2.75) is 64.8 Å². The molecule has 1 N–H and O–H groups in total. The number of ether oxygens (including phenoxy) is 2. The highest BCUT2D eigenvalue weighted by molar-refractivity contribution is 6.32. The van der Waals surface area contributed by atoms with Crippen LogP contribution in [0.5, 0.6) is 11.5 Å². The minimum absolute atomic E-state index is 0.230. The number of nitrogens with one attached hydrogen (secondary N) is 1. The molecular formula is C38H37ClFN5O2. The van der Waals surface area contributed by atoms with Gasteiger partial charge >= 0.3 is 0 Å². The molecule has 47 heavy (non-hydrogen) atoms. The smallest absolute Gasteiger partial charge is 0.142 e. The van der Waals surface area contributed by atoms with E-state index in [4.69, 9.17) is 21.1 Å². The summed E-state index contributed by atoms with van der Waals surface area (Å²) in [6, 6.07) is 20.5. The number of hydrogen-bond acceptors (Lipinski definition) is 6. The minimum Gasteiger partial charge on any atom is -0.488 e. The number of aryl methyl sites for hydroxylation is 1. The van der Waals surface area contributed by atoms with E-state index in [9.17, 15) is 9.65 Å². The maximum Gasteiger partial charge on any atom is 0.142 e. The summed E-state index contributed by atoms with van der Waals surface area (Å²) < 4.78 is 29.8. The summed E-state index contributed by atoms with van der Waals surface area (Å²) >= 11 is 6.85. The number of halogens is 2. The molecule has 0 bridgehead atoms. The van der Waals surface area contributed by atoms with Gasteiger partial charge < -0.3 is 19.4 Å². The Kier molecular flexibility index (Phi) is 10.2. The fourth-order valence-electron chi connectivity index (χ4n) is 6.16. The van der Waals surface area contributed by atoms with E-state index in [-0.39, 0.29) is 18.5 Å². The van der Waals surface area contributed by atoms with Crippen molar-refractivity contribution in [3.8, 4) is 28.7 Å². The average molecular weight is 650 g/mol. The van der Waals surface area contributed by atoms with E-state index in [0.29, 0.717) is 40.1 Å². The van der Waals surface area contributed by atoms with E-state index in [1.807, 2.05) is 54.9 Å². The number of fused-ring (bicyclic) bond motifs is 1. The Morgan fingerprint density at radius 1 is 1.09 bits per heavy atom. The molecule has 6 rings (SSSR count). The molecule has 0 spiro atoms. The van der Waals surface area contributed by atoms with Gasteiger partial charge in [0.05, 0.1) is 10.6 Å². The number of aromatic nitrogens is 3. The monoisotopic (exact) mass is 649 g/mol. The van der Waals surface area contributed by atoms with Crippen LogP contribution in [-0.2, 0) is 26.1 Å². The molecule has 1 aliphatic carbocycles. The molecule has 3 aromatic carbocycles. The van der Waals surface area contributed by atoms with Crippen molar-refractivity contribution in [2.75, 3.05) is 6.54 Å². The van der Waals surface area contributed by atoms with Crippen LogP contribution in [-0.4, -0.2) is 21.1 Å². The van der Waals surface area contributed by atoms with Gasteiger partial charge in [0.2, 0.25) is 0 Å². The zero-order valence-corrected chi connectivity index (χ0v) is 27.3. The molecule has 0 saturated heterocycles. The van der Waals surface area contributed by atoms with E-state index in [1.54, 1.807) is 18.3 Å². The lowest BCUT2D eigenvalue weighted by Crippen LogP contribution is -2.18. The van der Waals surface area contributed by atoms with Crippen LogP contribution < -0.4 is 14.8 Å². The van der Waals surface area contributed by atoms with Crippen molar-refractivity contribution >= 4 is 11.6 Å². The molecule has 7 nitrogen and oxygen atoms in total. The van der Waals surface area contributed by atoms with Crippen LogP contribution in [0.25, 0.3) is 11.1 Å². The lowest BCUT2D eigenvalue weighted by atomic mass is 9.96. The Morgan fingerprint density at radius 2 is 1.94 bits per heavy atom. The average Bonchev–Trinajstić information content (AvgIpc) is 3.73. The van der Waals surface area contributed by atoms with Gasteiger partial charge in [0, 0.05) is 66.6 Å². The summed E-state index contributed by atoms with van der Waals surface area (Å²) in [5.41, 5.74) is 5.77. The van der Waals surface area contributed by atoms with Crippen molar-refractivity contribution in [1.29, 1.82) is 5.26 Å². The van der Waals surface area contributed by atoms with Gasteiger partial charge in [-0.15, -0.1) is 0 Å². The van der Waals surface area contributed by atoms with Gasteiger partial charge in [-0.1, -0.05) is 61.8 Å². The highest BCUT2D eigenvalue weighted by Gasteiger charge is 2.28. The largest absolute Gasteiger partial charge is 0.488 e. The summed E-state index contributed by atoms with van der Waals surface area (Å²) in [5.74, 6) is 2.37. The molecule has 0 saturated carbocycles. The van der Waals surface area contributed by atoms with Gasteiger partial charge in [-0.2, -0.15) is 5.26 Å². The Morgan fingerprint density at radius 3 is 2.77 bits per heavy atom. The first kappa shape index (κ1) is 32.2. The molecule has 2 aromatic heterocycles. The van der Waals surface area contributed by atoms with Crippen LogP contribution in [0.2, 0.25) is 5.02 Å². The zero-order valence-electron chi connectivity index (χ0n) is 26.5. The number of benzene rings is 3. The third-order valence-electron chi connectivity index (χ3n) is 8.41. The zero-order chi connectivity index (χ0) is 32.8. The van der Waals surface area contributed by atoms with Crippen LogP contribution in [0.1, 0.15) is 72.4 Å². The summed E-state index contributed by atoms with van der Waals surface area (Å²) in [5, 5.41) is 13.3. The molecule has 0 fully saturated rings. The van der Waals surface area contributed by atoms with Crippen LogP contribution in [0.3, 0.4) is 0 Å². The van der Waals surface area contributed by atoms with Crippen LogP contribution in [0.15, 0.2) is 85.5 Å². The first-order valence-corrected chi connectivity index (χ1v) is 16.3. The molecule has 2 heterocycles. The number of nitriles is 1. The second kappa shape index (κ2) is 14.8. The fraction of sp³-hybridized carbons (Fsp3) is 0.289. The van der Waals surface area contributed by atoms with Crippen molar-refractivity contribution in [3.05, 3.63) is 130 Å². The fourth-order valence-corrected chi connectivity index (χ4v) is 6.39. The van der Waals surface area contributed by atoms with E-state index in [1.165, 1.54) is 12.3 Å². The SMILES string of the molecule is CC(C)c1nccn1CCCNCc1cc(Cl)c(OC2CCc3c(-c4ccccc4F)cccc32)cc1OCc1cncc(C#N)c1. The van der Waals surface area contributed by atoms with Crippen molar-refractivity contribution in [1.82, 2.24) is 19.9 Å². The number of nitrogens with zero attached hydrogens (tertiary/aromatic N) is 4. The predicted octanol–water partition coefficient (Wildman–Crippen LogP) is 8.56. The highest BCUT2D eigenvalue weighted by atomic mass is 35.5. The number of imidazole rings is 1.